The summed E-state index contributed by atoms with van der Waals surface area (Å²) in [5, 5.41) is 4.49. The molecule has 0 aliphatic heterocycles. The molecular formula is C14H16BrN3. The van der Waals surface area contributed by atoms with Crippen molar-refractivity contribution in [3.8, 4) is 0 Å². The van der Waals surface area contributed by atoms with Gasteiger partial charge < -0.3 is 5.73 Å². The number of benzene rings is 1. The molecule has 1 aromatic heterocycles. The van der Waals surface area contributed by atoms with Gasteiger partial charge in [0.05, 0.1) is 12.7 Å². The summed E-state index contributed by atoms with van der Waals surface area (Å²) >= 11 is 3.45. The van der Waals surface area contributed by atoms with Crippen molar-refractivity contribution in [2.45, 2.75) is 31.8 Å². The topological polar surface area (TPSA) is 43.8 Å². The second kappa shape index (κ2) is 4.86. The van der Waals surface area contributed by atoms with Crippen molar-refractivity contribution in [3.05, 3.63) is 51.8 Å². The number of nitrogens with zero attached hydrogens (tertiary/aromatic N) is 2. The van der Waals surface area contributed by atoms with Gasteiger partial charge in [0.2, 0.25) is 0 Å². The van der Waals surface area contributed by atoms with Crippen LogP contribution in [-0.4, -0.2) is 9.78 Å². The first-order valence-corrected chi connectivity index (χ1v) is 7.08. The SMILES string of the molecule is NC1CCCc2c1cnn2Cc1ccc(Br)cc1. The average molecular weight is 306 g/mol. The normalized spacial score (nSPS) is 18.7. The van der Waals surface area contributed by atoms with E-state index in [9.17, 15) is 0 Å². The first-order valence-electron chi connectivity index (χ1n) is 6.28. The maximum atomic E-state index is 6.11. The van der Waals surface area contributed by atoms with Crippen molar-refractivity contribution in [1.82, 2.24) is 9.78 Å². The van der Waals surface area contributed by atoms with Crippen molar-refractivity contribution in [2.24, 2.45) is 5.73 Å². The number of hydrogen-bond acceptors (Lipinski definition) is 2. The molecule has 1 aliphatic carbocycles. The fourth-order valence-corrected chi connectivity index (χ4v) is 2.82. The van der Waals surface area contributed by atoms with Crippen LogP contribution in [0.2, 0.25) is 0 Å². The van der Waals surface area contributed by atoms with Crippen LogP contribution in [0.15, 0.2) is 34.9 Å². The highest BCUT2D eigenvalue weighted by atomic mass is 79.9. The molecule has 1 aliphatic rings. The third-order valence-electron chi connectivity index (χ3n) is 3.55. The number of halogens is 1. The molecule has 0 radical (unpaired) electrons. The summed E-state index contributed by atoms with van der Waals surface area (Å²) in [5.41, 5.74) is 9.93. The number of rotatable bonds is 2. The van der Waals surface area contributed by atoms with Crippen molar-refractivity contribution >= 4 is 15.9 Å². The Morgan fingerprint density at radius 3 is 2.89 bits per heavy atom. The Morgan fingerprint density at radius 2 is 2.11 bits per heavy atom. The van der Waals surface area contributed by atoms with Crippen LogP contribution in [0.3, 0.4) is 0 Å². The van der Waals surface area contributed by atoms with Gasteiger partial charge in [0.25, 0.3) is 0 Å². The Balaban J connectivity index is 1.87. The van der Waals surface area contributed by atoms with Crippen molar-refractivity contribution < 1.29 is 0 Å². The van der Waals surface area contributed by atoms with Gasteiger partial charge in [0, 0.05) is 21.8 Å². The first kappa shape index (κ1) is 11.9. The zero-order valence-corrected chi connectivity index (χ0v) is 11.7. The van der Waals surface area contributed by atoms with Gasteiger partial charge in [-0.25, -0.2) is 0 Å². The van der Waals surface area contributed by atoms with Gasteiger partial charge in [-0.15, -0.1) is 0 Å². The van der Waals surface area contributed by atoms with E-state index in [0.29, 0.717) is 0 Å². The van der Waals surface area contributed by atoms with Gasteiger partial charge in [-0.1, -0.05) is 28.1 Å². The maximum Gasteiger partial charge on any atom is 0.0662 e. The molecule has 2 aromatic rings. The summed E-state index contributed by atoms with van der Waals surface area (Å²) in [6.07, 6.45) is 5.29. The van der Waals surface area contributed by atoms with E-state index in [0.717, 1.165) is 23.9 Å². The van der Waals surface area contributed by atoms with Crippen molar-refractivity contribution in [3.63, 3.8) is 0 Å². The minimum Gasteiger partial charge on any atom is -0.324 e. The van der Waals surface area contributed by atoms with Crippen LogP contribution >= 0.6 is 15.9 Å². The molecule has 94 valence electrons. The van der Waals surface area contributed by atoms with Crippen LogP contribution in [0.4, 0.5) is 0 Å². The maximum absolute atomic E-state index is 6.11. The molecule has 0 saturated heterocycles. The highest BCUT2D eigenvalue weighted by molar-refractivity contribution is 9.10. The zero-order valence-electron chi connectivity index (χ0n) is 10.1. The molecular weight excluding hydrogens is 290 g/mol. The van der Waals surface area contributed by atoms with Crippen molar-refractivity contribution in [1.29, 1.82) is 0 Å². The highest BCUT2D eigenvalue weighted by Gasteiger charge is 2.21. The van der Waals surface area contributed by atoms with E-state index in [1.165, 1.54) is 23.2 Å². The second-order valence-electron chi connectivity index (χ2n) is 4.83. The van der Waals surface area contributed by atoms with E-state index in [4.69, 9.17) is 5.73 Å². The van der Waals surface area contributed by atoms with E-state index in [1.807, 2.05) is 6.20 Å². The monoisotopic (exact) mass is 305 g/mol. The lowest BCUT2D eigenvalue weighted by atomic mass is 9.94. The van der Waals surface area contributed by atoms with Gasteiger partial charge in [-0.3, -0.25) is 4.68 Å². The third kappa shape index (κ3) is 2.22. The molecule has 0 bridgehead atoms. The standard InChI is InChI=1S/C14H16BrN3/c15-11-6-4-10(5-7-11)9-18-14-3-1-2-13(16)12(14)8-17-18/h4-8,13H,1-3,9,16H2. The predicted octanol–water partition coefficient (Wildman–Crippen LogP) is 3.03. The molecule has 1 unspecified atom stereocenters. The average Bonchev–Trinajstić information content (AvgIpc) is 2.77. The third-order valence-corrected chi connectivity index (χ3v) is 4.08. The van der Waals surface area contributed by atoms with E-state index in [-0.39, 0.29) is 6.04 Å². The van der Waals surface area contributed by atoms with Gasteiger partial charge in [0.15, 0.2) is 0 Å². The summed E-state index contributed by atoms with van der Waals surface area (Å²) in [7, 11) is 0. The molecule has 0 amide bonds. The minimum absolute atomic E-state index is 0.174. The van der Waals surface area contributed by atoms with Gasteiger partial charge in [-0.05, 0) is 37.0 Å². The van der Waals surface area contributed by atoms with Crippen LogP contribution in [0.1, 0.15) is 35.7 Å². The van der Waals surface area contributed by atoms with Crippen LogP contribution in [0.25, 0.3) is 0 Å². The molecule has 1 atom stereocenters. The molecule has 0 saturated carbocycles. The highest BCUT2D eigenvalue weighted by Crippen LogP contribution is 2.28. The Hall–Kier alpha value is -1.13. The quantitative estimate of drug-likeness (QED) is 0.927. The van der Waals surface area contributed by atoms with Gasteiger partial charge >= 0.3 is 0 Å². The largest absolute Gasteiger partial charge is 0.324 e. The van der Waals surface area contributed by atoms with Crippen LogP contribution in [0, 0.1) is 0 Å². The molecule has 3 nitrogen and oxygen atoms in total. The van der Waals surface area contributed by atoms with Crippen molar-refractivity contribution in [2.75, 3.05) is 0 Å². The molecule has 2 N–H and O–H groups in total. The first-order chi connectivity index (χ1) is 8.74. The predicted molar refractivity (Wildman–Crippen MR) is 75.3 cm³/mol. The van der Waals surface area contributed by atoms with Gasteiger partial charge in [0.1, 0.15) is 0 Å². The van der Waals surface area contributed by atoms with E-state index >= 15 is 0 Å². The van der Waals surface area contributed by atoms with Crippen LogP contribution < -0.4 is 5.73 Å². The lowest BCUT2D eigenvalue weighted by Gasteiger charge is -2.19. The Labute approximate surface area is 115 Å². The van der Waals surface area contributed by atoms with Crippen LogP contribution in [-0.2, 0) is 13.0 Å². The van der Waals surface area contributed by atoms with Crippen LogP contribution in [0.5, 0.6) is 0 Å². The van der Waals surface area contributed by atoms with Gasteiger partial charge in [-0.2, -0.15) is 5.10 Å². The summed E-state index contributed by atoms with van der Waals surface area (Å²) in [6, 6.07) is 8.56. The van der Waals surface area contributed by atoms with E-state index < -0.39 is 0 Å². The Bertz CT molecular complexity index is 545. The number of fused-ring (bicyclic) bond motifs is 1. The molecule has 1 heterocycles. The Kier molecular flexibility index (Phi) is 3.22. The Morgan fingerprint density at radius 1 is 1.33 bits per heavy atom. The zero-order chi connectivity index (χ0) is 12.5. The second-order valence-corrected chi connectivity index (χ2v) is 5.75. The molecule has 18 heavy (non-hydrogen) atoms. The lowest BCUT2D eigenvalue weighted by Crippen LogP contribution is -2.18. The molecule has 0 fully saturated rings. The minimum atomic E-state index is 0.174. The fraction of sp³-hybridized carbons (Fsp3) is 0.357. The molecule has 4 heteroatoms. The summed E-state index contributed by atoms with van der Waals surface area (Å²) in [6.45, 7) is 0.829. The number of hydrogen-bond donors (Lipinski definition) is 1. The van der Waals surface area contributed by atoms with E-state index in [2.05, 4.69) is 50.0 Å². The fourth-order valence-electron chi connectivity index (χ4n) is 2.55. The number of aromatic nitrogens is 2. The smallest absolute Gasteiger partial charge is 0.0662 e. The summed E-state index contributed by atoms with van der Waals surface area (Å²) < 4.78 is 3.20. The van der Waals surface area contributed by atoms with E-state index in [1.54, 1.807) is 0 Å². The number of nitrogens with two attached hydrogens (primary N) is 1. The molecule has 1 aromatic carbocycles. The summed E-state index contributed by atoms with van der Waals surface area (Å²) in [5.74, 6) is 0. The molecule has 0 spiro atoms. The summed E-state index contributed by atoms with van der Waals surface area (Å²) in [4.78, 5) is 0. The lowest BCUT2D eigenvalue weighted by molar-refractivity contribution is 0.537. The molecule has 3 rings (SSSR count).